The normalized spacial score (nSPS) is 9.44. The monoisotopic (exact) mass is 162 g/mol. The van der Waals surface area contributed by atoms with Crippen LogP contribution in [0.5, 0.6) is 0 Å². The molecule has 1 N–H and O–H groups in total. The van der Waals surface area contributed by atoms with Crippen molar-refractivity contribution in [1.82, 2.24) is 9.07 Å². The Bertz CT molecular complexity index is 287. The zero-order chi connectivity index (χ0) is 6.85. The van der Waals surface area contributed by atoms with Gasteiger partial charge in [0, 0.05) is 24.0 Å². The number of H-pyrrole nitrogens is 1. The fourth-order valence-electron chi connectivity index (χ4n) is 0.406. The van der Waals surface area contributed by atoms with Crippen molar-refractivity contribution in [2.45, 2.75) is 0 Å². The number of hydrogen-bond acceptors (Lipinski definition) is 2. The van der Waals surface area contributed by atoms with Crippen LogP contribution >= 0.6 is 24.0 Å². The van der Waals surface area contributed by atoms with E-state index in [-0.39, 0.29) is 10.3 Å². The molecule has 0 spiro atoms. The second kappa shape index (κ2) is 2.33. The van der Waals surface area contributed by atoms with Crippen LogP contribution < -0.4 is 5.56 Å². The SMILES string of the molecule is O=c1cc[nH]c(=S)n1Cl. The smallest absolute Gasteiger partial charge is 0.269 e. The number of hydrogen-bond donors (Lipinski definition) is 1. The molecule has 0 aliphatic heterocycles. The summed E-state index contributed by atoms with van der Waals surface area (Å²) in [6, 6.07) is 1.29. The summed E-state index contributed by atoms with van der Waals surface area (Å²) in [5.74, 6) is 0. The lowest BCUT2D eigenvalue weighted by Crippen LogP contribution is -2.11. The van der Waals surface area contributed by atoms with Gasteiger partial charge in [-0.2, -0.15) is 4.09 Å². The van der Waals surface area contributed by atoms with E-state index in [1.54, 1.807) is 0 Å². The Morgan fingerprint density at radius 2 is 2.44 bits per heavy atom. The van der Waals surface area contributed by atoms with Crippen LogP contribution in [0, 0.1) is 4.77 Å². The largest absolute Gasteiger partial charge is 0.338 e. The van der Waals surface area contributed by atoms with Gasteiger partial charge in [-0.05, 0) is 12.2 Å². The molecule has 0 bridgehead atoms. The number of nitrogens with one attached hydrogen (secondary N) is 1. The van der Waals surface area contributed by atoms with Gasteiger partial charge in [0.05, 0.1) is 0 Å². The molecule has 0 aromatic carbocycles. The lowest BCUT2D eigenvalue weighted by Gasteiger charge is -1.88. The minimum atomic E-state index is -0.319. The molecular weight excluding hydrogens is 160 g/mol. The third kappa shape index (κ3) is 1.20. The maximum Gasteiger partial charge on any atom is 0.269 e. The van der Waals surface area contributed by atoms with Crippen LogP contribution in [0.3, 0.4) is 0 Å². The van der Waals surface area contributed by atoms with Crippen molar-refractivity contribution in [3.05, 3.63) is 27.4 Å². The summed E-state index contributed by atoms with van der Waals surface area (Å²) in [6.07, 6.45) is 1.45. The first-order valence-electron chi connectivity index (χ1n) is 2.19. The van der Waals surface area contributed by atoms with E-state index < -0.39 is 0 Å². The first-order valence-corrected chi connectivity index (χ1v) is 2.93. The zero-order valence-corrected chi connectivity index (χ0v) is 5.87. The molecule has 0 saturated carbocycles. The highest BCUT2D eigenvalue weighted by atomic mass is 35.5. The van der Waals surface area contributed by atoms with E-state index in [9.17, 15) is 4.79 Å². The number of aromatic nitrogens is 2. The summed E-state index contributed by atoms with van der Waals surface area (Å²) in [4.78, 5) is 13.2. The molecule has 1 heterocycles. The lowest BCUT2D eigenvalue weighted by atomic mass is 10.7. The van der Waals surface area contributed by atoms with Crippen molar-refractivity contribution in [2.75, 3.05) is 0 Å². The van der Waals surface area contributed by atoms with Crippen LogP contribution in [-0.4, -0.2) is 9.07 Å². The summed E-state index contributed by atoms with van der Waals surface area (Å²) in [5.41, 5.74) is -0.319. The third-order valence-corrected chi connectivity index (χ3v) is 1.54. The molecule has 48 valence electrons. The van der Waals surface area contributed by atoms with Gasteiger partial charge in [-0.15, -0.1) is 0 Å². The molecule has 0 aliphatic rings. The van der Waals surface area contributed by atoms with Crippen molar-refractivity contribution >= 4 is 24.0 Å². The van der Waals surface area contributed by atoms with Gasteiger partial charge in [0.25, 0.3) is 5.56 Å². The molecule has 1 aromatic heterocycles. The van der Waals surface area contributed by atoms with E-state index in [0.717, 1.165) is 4.09 Å². The summed E-state index contributed by atoms with van der Waals surface area (Å²) < 4.78 is 1.05. The summed E-state index contributed by atoms with van der Waals surface area (Å²) in [6.45, 7) is 0. The van der Waals surface area contributed by atoms with Crippen LogP contribution in [0.15, 0.2) is 17.1 Å². The average molecular weight is 163 g/mol. The van der Waals surface area contributed by atoms with E-state index in [0.29, 0.717) is 0 Å². The Hall–Kier alpha value is -0.610. The van der Waals surface area contributed by atoms with Gasteiger partial charge in [0.15, 0.2) is 4.77 Å². The molecule has 1 rings (SSSR count). The predicted octanol–water partition coefficient (Wildman–Crippen LogP) is 0.908. The quantitative estimate of drug-likeness (QED) is 0.576. The molecule has 0 radical (unpaired) electrons. The number of rotatable bonds is 0. The average Bonchev–Trinajstić information content (AvgIpc) is 1.83. The van der Waals surface area contributed by atoms with Gasteiger partial charge >= 0.3 is 0 Å². The van der Waals surface area contributed by atoms with Gasteiger partial charge in [-0.25, -0.2) is 0 Å². The second-order valence-electron chi connectivity index (χ2n) is 1.40. The Labute approximate surface area is 61.0 Å². The molecule has 0 amide bonds. The molecule has 3 nitrogen and oxygen atoms in total. The van der Waals surface area contributed by atoms with Gasteiger partial charge in [0.1, 0.15) is 0 Å². The topological polar surface area (TPSA) is 37.8 Å². The summed E-state index contributed by atoms with van der Waals surface area (Å²) >= 11 is 9.96. The standard InChI is InChI=1S/C4H3ClN2OS/c5-7-3(8)1-2-6-4(7)9/h1-2H,(H,6,9). The van der Waals surface area contributed by atoms with Crippen molar-refractivity contribution in [1.29, 1.82) is 0 Å². The van der Waals surface area contributed by atoms with Crippen molar-refractivity contribution in [2.24, 2.45) is 0 Å². The Morgan fingerprint density at radius 3 is 2.89 bits per heavy atom. The molecule has 0 saturated heterocycles. The minimum absolute atomic E-state index is 0.212. The first kappa shape index (κ1) is 6.51. The van der Waals surface area contributed by atoms with Crippen LogP contribution in [0.25, 0.3) is 0 Å². The zero-order valence-electron chi connectivity index (χ0n) is 4.30. The highest BCUT2D eigenvalue weighted by Gasteiger charge is 1.88. The van der Waals surface area contributed by atoms with Crippen molar-refractivity contribution in [3.63, 3.8) is 0 Å². The minimum Gasteiger partial charge on any atom is -0.338 e. The highest BCUT2D eigenvalue weighted by molar-refractivity contribution is 7.71. The molecular formula is C4H3ClN2OS. The number of halogens is 1. The van der Waals surface area contributed by atoms with E-state index in [1.165, 1.54) is 12.3 Å². The molecule has 0 fully saturated rings. The van der Waals surface area contributed by atoms with E-state index in [2.05, 4.69) is 17.2 Å². The maximum absolute atomic E-state index is 10.6. The summed E-state index contributed by atoms with van der Waals surface area (Å²) in [7, 11) is 0. The fraction of sp³-hybridized carbons (Fsp3) is 0. The Balaban J connectivity index is 3.62. The number of nitrogens with zero attached hydrogens (tertiary/aromatic N) is 1. The first-order chi connectivity index (χ1) is 4.22. The van der Waals surface area contributed by atoms with Crippen LogP contribution in [-0.2, 0) is 0 Å². The van der Waals surface area contributed by atoms with E-state index in [1.807, 2.05) is 0 Å². The maximum atomic E-state index is 10.6. The van der Waals surface area contributed by atoms with Crippen molar-refractivity contribution in [3.8, 4) is 0 Å². The second-order valence-corrected chi connectivity index (χ2v) is 2.13. The predicted molar refractivity (Wildman–Crippen MR) is 37.1 cm³/mol. The van der Waals surface area contributed by atoms with Gasteiger partial charge in [0.2, 0.25) is 0 Å². The Kier molecular flexibility index (Phi) is 1.68. The van der Waals surface area contributed by atoms with Crippen LogP contribution in [0.4, 0.5) is 0 Å². The summed E-state index contributed by atoms with van der Waals surface area (Å²) in [5, 5.41) is 0. The van der Waals surface area contributed by atoms with Crippen LogP contribution in [0.1, 0.15) is 0 Å². The lowest BCUT2D eigenvalue weighted by molar-refractivity contribution is 1.01. The molecule has 5 heteroatoms. The fourth-order valence-corrected chi connectivity index (χ4v) is 0.670. The third-order valence-electron chi connectivity index (χ3n) is 0.805. The van der Waals surface area contributed by atoms with Gasteiger partial charge in [-0.1, -0.05) is 0 Å². The molecule has 0 aliphatic carbocycles. The molecule has 0 unspecified atom stereocenters. The molecule has 9 heavy (non-hydrogen) atoms. The molecule has 1 aromatic rings. The highest BCUT2D eigenvalue weighted by Crippen LogP contribution is 1.82. The van der Waals surface area contributed by atoms with Gasteiger partial charge < -0.3 is 4.98 Å². The van der Waals surface area contributed by atoms with Gasteiger partial charge in [-0.3, -0.25) is 4.79 Å². The van der Waals surface area contributed by atoms with E-state index in [4.69, 9.17) is 11.8 Å². The van der Waals surface area contributed by atoms with Crippen LogP contribution in [0.2, 0.25) is 0 Å². The number of aromatic amines is 1. The van der Waals surface area contributed by atoms with Crippen molar-refractivity contribution < 1.29 is 0 Å². The molecule has 0 atom stereocenters. The Morgan fingerprint density at radius 1 is 1.78 bits per heavy atom. The van der Waals surface area contributed by atoms with E-state index >= 15 is 0 Å².